The summed E-state index contributed by atoms with van der Waals surface area (Å²) >= 11 is 0. The minimum Gasteiger partial charge on any atom is -0.384 e. The van der Waals surface area contributed by atoms with E-state index in [-0.39, 0.29) is 0 Å². The van der Waals surface area contributed by atoms with Crippen LogP contribution in [-0.4, -0.2) is 58.2 Å². The highest BCUT2D eigenvalue weighted by Crippen LogP contribution is 2.41. The van der Waals surface area contributed by atoms with Gasteiger partial charge in [-0.05, 0) is 66.5 Å². The molecule has 5 rings (SSSR count). The Labute approximate surface area is 179 Å². The molecule has 4 heterocycles. The van der Waals surface area contributed by atoms with Crippen LogP contribution in [0.5, 0.6) is 0 Å². The Morgan fingerprint density at radius 3 is 2.67 bits per heavy atom. The van der Waals surface area contributed by atoms with E-state index in [0.717, 1.165) is 45.6 Å². The van der Waals surface area contributed by atoms with Gasteiger partial charge in [0.1, 0.15) is 5.82 Å². The van der Waals surface area contributed by atoms with Crippen molar-refractivity contribution < 1.29 is 4.74 Å². The molecule has 30 heavy (non-hydrogen) atoms. The number of fused-ring (bicyclic) bond motifs is 1. The van der Waals surface area contributed by atoms with Crippen LogP contribution in [0.2, 0.25) is 0 Å². The molecule has 0 aromatic carbocycles. The second-order valence-corrected chi connectivity index (χ2v) is 9.28. The van der Waals surface area contributed by atoms with Gasteiger partial charge >= 0.3 is 0 Å². The molecule has 2 unspecified atom stereocenters. The molecule has 1 aliphatic carbocycles. The molecule has 2 saturated heterocycles. The fourth-order valence-corrected chi connectivity index (χ4v) is 5.37. The number of hydrogen-bond donors (Lipinski definition) is 1. The molecule has 2 fully saturated rings. The molecule has 2 N–H and O–H groups in total. The summed E-state index contributed by atoms with van der Waals surface area (Å²) in [7, 11) is 0. The lowest BCUT2D eigenvalue weighted by molar-refractivity contribution is -0.120. The van der Waals surface area contributed by atoms with Gasteiger partial charge in [-0.3, -0.25) is 14.8 Å². The number of pyridine rings is 2. The average Bonchev–Trinajstić information content (AvgIpc) is 2.73. The fourth-order valence-electron chi connectivity index (χ4n) is 5.37. The molecule has 2 aromatic heterocycles. The molecule has 2 aliphatic heterocycles. The van der Waals surface area contributed by atoms with Crippen molar-refractivity contribution in [3.8, 4) is 0 Å². The molecule has 0 saturated carbocycles. The van der Waals surface area contributed by atoms with E-state index in [4.69, 9.17) is 10.5 Å². The molecule has 160 valence electrons. The van der Waals surface area contributed by atoms with E-state index in [0.29, 0.717) is 30.0 Å². The van der Waals surface area contributed by atoms with Gasteiger partial charge in [0.15, 0.2) is 0 Å². The first-order valence-electron chi connectivity index (χ1n) is 11.4. The SMILES string of the molecule is CC1CCC(N2CC(OC3CCN(Cc4ccnc(N)c4)CC3)C2)c2ccncc21. The normalized spacial score (nSPS) is 26.3. The predicted molar refractivity (Wildman–Crippen MR) is 118 cm³/mol. The summed E-state index contributed by atoms with van der Waals surface area (Å²) in [6.45, 7) is 7.59. The van der Waals surface area contributed by atoms with Gasteiger partial charge in [-0.15, -0.1) is 0 Å². The molecule has 0 amide bonds. The Kier molecular flexibility index (Phi) is 5.72. The lowest BCUT2D eigenvalue weighted by Gasteiger charge is -2.48. The van der Waals surface area contributed by atoms with Crippen LogP contribution < -0.4 is 5.73 Å². The van der Waals surface area contributed by atoms with Crippen LogP contribution in [-0.2, 0) is 11.3 Å². The summed E-state index contributed by atoms with van der Waals surface area (Å²) in [4.78, 5) is 13.5. The molecule has 6 nitrogen and oxygen atoms in total. The summed E-state index contributed by atoms with van der Waals surface area (Å²) in [5, 5.41) is 0. The standard InChI is InChI=1S/C24H33N5O/c1-17-2-3-23(21-5-8-26-13-22(17)21)29-15-20(16-29)30-19-6-10-28(11-7-19)14-18-4-9-27-24(25)12-18/h4-5,8-9,12-13,17,19-20,23H,2-3,6-7,10-11,14-16H2,1H3,(H2,25,27). The monoisotopic (exact) mass is 407 g/mol. The van der Waals surface area contributed by atoms with Gasteiger partial charge in [0, 0.05) is 57.4 Å². The third kappa shape index (κ3) is 4.22. The molecule has 6 heteroatoms. The van der Waals surface area contributed by atoms with Crippen molar-refractivity contribution in [2.75, 3.05) is 31.9 Å². The van der Waals surface area contributed by atoms with E-state index in [2.05, 4.69) is 45.0 Å². The van der Waals surface area contributed by atoms with E-state index in [9.17, 15) is 0 Å². The Hall–Kier alpha value is -2.02. The number of rotatable bonds is 5. The fraction of sp³-hybridized carbons (Fsp3) is 0.583. The largest absolute Gasteiger partial charge is 0.384 e. The summed E-state index contributed by atoms with van der Waals surface area (Å²) in [6, 6.07) is 6.82. The highest BCUT2D eigenvalue weighted by Gasteiger charge is 2.38. The smallest absolute Gasteiger partial charge is 0.123 e. The number of hydrogen-bond acceptors (Lipinski definition) is 6. The molecule has 0 radical (unpaired) electrons. The Bertz CT molecular complexity index is 860. The van der Waals surface area contributed by atoms with Crippen LogP contribution in [0.1, 0.15) is 61.3 Å². The second kappa shape index (κ2) is 8.61. The summed E-state index contributed by atoms with van der Waals surface area (Å²) in [6.07, 6.45) is 11.4. The van der Waals surface area contributed by atoms with E-state index < -0.39 is 0 Å². The number of aromatic nitrogens is 2. The highest BCUT2D eigenvalue weighted by atomic mass is 16.5. The van der Waals surface area contributed by atoms with Crippen LogP contribution in [0.4, 0.5) is 5.82 Å². The summed E-state index contributed by atoms with van der Waals surface area (Å²) < 4.78 is 6.46. The maximum atomic E-state index is 6.46. The van der Waals surface area contributed by atoms with Gasteiger partial charge in [0.2, 0.25) is 0 Å². The number of nitrogens with two attached hydrogens (primary N) is 1. The van der Waals surface area contributed by atoms with Crippen molar-refractivity contribution in [1.29, 1.82) is 0 Å². The van der Waals surface area contributed by atoms with E-state index >= 15 is 0 Å². The molecular weight excluding hydrogens is 374 g/mol. The number of anilines is 1. The van der Waals surface area contributed by atoms with Gasteiger partial charge in [-0.1, -0.05) is 6.92 Å². The van der Waals surface area contributed by atoms with Crippen molar-refractivity contribution in [2.45, 2.75) is 63.3 Å². The first-order valence-corrected chi connectivity index (χ1v) is 11.4. The van der Waals surface area contributed by atoms with Crippen molar-refractivity contribution in [3.63, 3.8) is 0 Å². The van der Waals surface area contributed by atoms with Crippen LogP contribution in [0, 0.1) is 0 Å². The number of nitrogen functional groups attached to an aromatic ring is 1. The Morgan fingerprint density at radius 2 is 1.87 bits per heavy atom. The Morgan fingerprint density at radius 1 is 1.03 bits per heavy atom. The van der Waals surface area contributed by atoms with E-state index in [1.165, 1.54) is 29.5 Å². The molecule has 0 bridgehead atoms. The molecule has 3 aliphatic rings. The molecule has 2 atom stereocenters. The number of nitrogens with zero attached hydrogens (tertiary/aromatic N) is 4. The quantitative estimate of drug-likeness (QED) is 0.820. The van der Waals surface area contributed by atoms with Gasteiger partial charge in [-0.25, -0.2) is 4.98 Å². The lowest BCUT2D eigenvalue weighted by atomic mass is 9.80. The van der Waals surface area contributed by atoms with E-state index in [1.54, 1.807) is 6.20 Å². The molecule has 2 aromatic rings. The number of piperidine rings is 1. The minimum absolute atomic E-state index is 0.395. The second-order valence-electron chi connectivity index (χ2n) is 9.28. The van der Waals surface area contributed by atoms with Crippen molar-refractivity contribution in [2.24, 2.45) is 0 Å². The molecule has 0 spiro atoms. The zero-order valence-electron chi connectivity index (χ0n) is 17.9. The average molecular weight is 408 g/mol. The number of ether oxygens (including phenoxy) is 1. The third-order valence-corrected chi connectivity index (χ3v) is 7.14. The van der Waals surface area contributed by atoms with Crippen LogP contribution in [0.25, 0.3) is 0 Å². The summed E-state index contributed by atoms with van der Waals surface area (Å²) in [5.41, 5.74) is 9.99. The van der Waals surface area contributed by atoms with Crippen LogP contribution in [0.3, 0.4) is 0 Å². The predicted octanol–water partition coefficient (Wildman–Crippen LogP) is 3.36. The topological polar surface area (TPSA) is 67.5 Å². The van der Waals surface area contributed by atoms with E-state index in [1.807, 2.05) is 12.3 Å². The molecular formula is C24H33N5O. The van der Waals surface area contributed by atoms with Crippen LogP contribution in [0.15, 0.2) is 36.8 Å². The van der Waals surface area contributed by atoms with Crippen LogP contribution >= 0.6 is 0 Å². The first-order chi connectivity index (χ1) is 14.7. The lowest BCUT2D eigenvalue weighted by Crippen LogP contribution is -2.55. The van der Waals surface area contributed by atoms with Gasteiger partial charge in [0.05, 0.1) is 12.2 Å². The first kappa shape index (κ1) is 19.9. The zero-order valence-corrected chi connectivity index (χ0v) is 17.9. The van der Waals surface area contributed by atoms with Gasteiger partial charge in [0.25, 0.3) is 0 Å². The van der Waals surface area contributed by atoms with Gasteiger partial charge in [-0.2, -0.15) is 0 Å². The van der Waals surface area contributed by atoms with Crippen molar-refractivity contribution in [3.05, 3.63) is 53.5 Å². The highest BCUT2D eigenvalue weighted by molar-refractivity contribution is 5.33. The minimum atomic E-state index is 0.395. The van der Waals surface area contributed by atoms with Crippen molar-refractivity contribution >= 4 is 5.82 Å². The zero-order chi connectivity index (χ0) is 20.5. The maximum absolute atomic E-state index is 6.46. The maximum Gasteiger partial charge on any atom is 0.123 e. The number of likely N-dealkylation sites (tertiary alicyclic amines) is 2. The summed E-state index contributed by atoms with van der Waals surface area (Å²) in [5.74, 6) is 1.23. The van der Waals surface area contributed by atoms with Gasteiger partial charge < -0.3 is 10.5 Å². The Balaban J connectivity index is 1.08. The third-order valence-electron chi connectivity index (χ3n) is 7.14. The van der Waals surface area contributed by atoms with Crippen molar-refractivity contribution in [1.82, 2.24) is 19.8 Å².